The Hall–Kier alpha value is -1.10. The molecule has 1 aliphatic carbocycles. The third-order valence-electron chi connectivity index (χ3n) is 3.30. The van der Waals surface area contributed by atoms with Crippen molar-refractivity contribution in [1.82, 2.24) is 4.98 Å². The van der Waals surface area contributed by atoms with E-state index in [0.29, 0.717) is 17.0 Å². The summed E-state index contributed by atoms with van der Waals surface area (Å²) in [7, 11) is 2.00. The number of carboxylic acid groups (broad SMARTS) is 1. The van der Waals surface area contributed by atoms with Gasteiger partial charge in [-0.05, 0) is 25.2 Å². The van der Waals surface area contributed by atoms with Crippen LogP contribution < -0.4 is 4.90 Å². The van der Waals surface area contributed by atoms with Crippen LogP contribution in [0.4, 0.5) is 5.13 Å². The number of hydrogen-bond acceptors (Lipinski definition) is 4. The van der Waals surface area contributed by atoms with Crippen LogP contribution in [-0.2, 0) is 6.42 Å². The summed E-state index contributed by atoms with van der Waals surface area (Å²) >= 11 is 1.29. The number of thiazole rings is 1. The van der Waals surface area contributed by atoms with Crippen molar-refractivity contribution in [3.05, 3.63) is 10.6 Å². The van der Waals surface area contributed by atoms with Gasteiger partial charge in [-0.2, -0.15) is 0 Å². The number of rotatable bonds is 5. The molecule has 0 amide bonds. The van der Waals surface area contributed by atoms with Gasteiger partial charge < -0.3 is 10.0 Å². The van der Waals surface area contributed by atoms with Crippen LogP contribution in [0.2, 0.25) is 0 Å². The van der Waals surface area contributed by atoms with Crippen molar-refractivity contribution in [3.8, 4) is 0 Å². The molecule has 0 bridgehead atoms. The quantitative estimate of drug-likeness (QED) is 0.877. The lowest BCUT2D eigenvalue weighted by Gasteiger charge is -2.29. The lowest BCUT2D eigenvalue weighted by Crippen LogP contribution is -2.29. The minimum Gasteiger partial charge on any atom is -0.477 e. The molecule has 4 nitrogen and oxygen atoms in total. The number of carboxylic acids is 1. The van der Waals surface area contributed by atoms with E-state index < -0.39 is 5.97 Å². The largest absolute Gasteiger partial charge is 0.477 e. The highest BCUT2D eigenvalue weighted by Crippen LogP contribution is 2.31. The van der Waals surface area contributed by atoms with E-state index in [2.05, 4.69) is 9.88 Å². The molecule has 0 spiro atoms. The van der Waals surface area contributed by atoms with E-state index in [-0.39, 0.29) is 0 Å². The van der Waals surface area contributed by atoms with Crippen LogP contribution in [0.3, 0.4) is 0 Å². The second kappa shape index (κ2) is 5.04. The van der Waals surface area contributed by atoms with Crippen LogP contribution >= 0.6 is 11.3 Å². The molecule has 1 aromatic heterocycles. The minimum atomic E-state index is -0.859. The third kappa shape index (κ3) is 2.60. The smallest absolute Gasteiger partial charge is 0.347 e. The molecule has 0 unspecified atom stereocenters. The Morgan fingerprint density at radius 2 is 2.29 bits per heavy atom. The Balaban J connectivity index is 2.11. The van der Waals surface area contributed by atoms with Gasteiger partial charge in [0, 0.05) is 13.6 Å². The van der Waals surface area contributed by atoms with Crippen molar-refractivity contribution in [2.75, 3.05) is 18.5 Å². The summed E-state index contributed by atoms with van der Waals surface area (Å²) in [6.07, 6.45) is 4.59. The molecule has 0 atom stereocenters. The van der Waals surface area contributed by atoms with Crippen molar-refractivity contribution in [2.24, 2.45) is 5.92 Å². The van der Waals surface area contributed by atoms with Gasteiger partial charge >= 0.3 is 5.97 Å². The summed E-state index contributed by atoms with van der Waals surface area (Å²) in [5.74, 6) is -0.0927. The lowest BCUT2D eigenvalue weighted by atomic mass is 9.85. The predicted octanol–water partition coefficient (Wildman–Crippen LogP) is 2.64. The first kappa shape index (κ1) is 12.4. The van der Waals surface area contributed by atoms with E-state index in [4.69, 9.17) is 5.11 Å². The van der Waals surface area contributed by atoms with Crippen LogP contribution in [0.25, 0.3) is 0 Å². The van der Waals surface area contributed by atoms with Gasteiger partial charge in [-0.15, -0.1) is 0 Å². The second-order valence-electron chi connectivity index (χ2n) is 4.61. The zero-order chi connectivity index (χ0) is 12.4. The SMILES string of the molecule is CCc1nc(N(C)CC2CCC2)sc1C(=O)O. The topological polar surface area (TPSA) is 53.4 Å². The monoisotopic (exact) mass is 254 g/mol. The predicted molar refractivity (Wildman–Crippen MR) is 69.1 cm³/mol. The van der Waals surface area contributed by atoms with Gasteiger partial charge in [-0.3, -0.25) is 0 Å². The Morgan fingerprint density at radius 1 is 1.59 bits per heavy atom. The van der Waals surface area contributed by atoms with Crippen molar-refractivity contribution in [3.63, 3.8) is 0 Å². The van der Waals surface area contributed by atoms with Crippen molar-refractivity contribution in [1.29, 1.82) is 0 Å². The van der Waals surface area contributed by atoms with Gasteiger partial charge in [0.1, 0.15) is 4.88 Å². The van der Waals surface area contributed by atoms with Crippen LogP contribution in [-0.4, -0.2) is 29.7 Å². The molecule has 1 N–H and O–H groups in total. The maximum absolute atomic E-state index is 11.1. The number of aromatic carboxylic acids is 1. The first-order valence-electron chi connectivity index (χ1n) is 6.06. The highest BCUT2D eigenvalue weighted by atomic mass is 32.1. The Labute approximate surface area is 105 Å². The second-order valence-corrected chi connectivity index (χ2v) is 5.59. The number of hydrogen-bond donors (Lipinski definition) is 1. The van der Waals surface area contributed by atoms with Crippen LogP contribution in [0.5, 0.6) is 0 Å². The van der Waals surface area contributed by atoms with E-state index in [1.54, 1.807) is 0 Å². The average molecular weight is 254 g/mol. The fourth-order valence-corrected chi connectivity index (χ4v) is 3.01. The Morgan fingerprint density at radius 3 is 2.71 bits per heavy atom. The molecular formula is C12H18N2O2S. The molecule has 2 rings (SSSR count). The first-order valence-corrected chi connectivity index (χ1v) is 6.87. The number of nitrogens with zero attached hydrogens (tertiary/aromatic N) is 2. The van der Waals surface area contributed by atoms with Crippen molar-refractivity contribution >= 4 is 22.4 Å². The zero-order valence-electron chi connectivity index (χ0n) is 10.3. The molecule has 94 valence electrons. The van der Waals surface area contributed by atoms with E-state index in [1.165, 1.54) is 30.6 Å². The number of anilines is 1. The molecule has 1 saturated carbocycles. The molecule has 5 heteroatoms. The molecular weight excluding hydrogens is 236 g/mol. The number of carbonyl (C=O) groups is 1. The van der Waals surface area contributed by atoms with Gasteiger partial charge in [0.05, 0.1) is 5.69 Å². The molecule has 17 heavy (non-hydrogen) atoms. The minimum absolute atomic E-state index is 0.392. The van der Waals surface area contributed by atoms with E-state index in [9.17, 15) is 4.79 Å². The van der Waals surface area contributed by atoms with Crippen LogP contribution in [0.1, 0.15) is 41.6 Å². The standard InChI is InChI=1S/C12H18N2O2S/c1-3-9-10(11(15)16)17-12(13-9)14(2)7-8-5-4-6-8/h8H,3-7H2,1-2H3,(H,15,16). The fourth-order valence-electron chi connectivity index (χ4n) is 2.05. The van der Waals surface area contributed by atoms with Crippen molar-refractivity contribution in [2.45, 2.75) is 32.6 Å². The number of aryl methyl sites for hydroxylation is 1. The van der Waals surface area contributed by atoms with Crippen LogP contribution in [0.15, 0.2) is 0 Å². The normalized spacial score (nSPS) is 15.6. The number of aromatic nitrogens is 1. The van der Waals surface area contributed by atoms with Gasteiger partial charge in [0.25, 0.3) is 0 Å². The summed E-state index contributed by atoms with van der Waals surface area (Å²) in [5.41, 5.74) is 0.706. The average Bonchev–Trinajstić information content (AvgIpc) is 2.67. The zero-order valence-corrected chi connectivity index (χ0v) is 11.1. The van der Waals surface area contributed by atoms with Gasteiger partial charge in [0.2, 0.25) is 0 Å². The molecule has 1 fully saturated rings. The van der Waals surface area contributed by atoms with Gasteiger partial charge in [-0.25, -0.2) is 9.78 Å². The summed E-state index contributed by atoms with van der Waals surface area (Å²) < 4.78 is 0. The molecule has 1 heterocycles. The molecule has 1 aromatic rings. The molecule has 0 saturated heterocycles. The summed E-state index contributed by atoms with van der Waals surface area (Å²) in [4.78, 5) is 18.0. The maximum Gasteiger partial charge on any atom is 0.347 e. The maximum atomic E-state index is 11.1. The summed E-state index contributed by atoms with van der Waals surface area (Å²) in [5, 5.41) is 9.92. The molecule has 1 aliphatic rings. The van der Waals surface area contributed by atoms with Gasteiger partial charge in [0.15, 0.2) is 5.13 Å². The summed E-state index contributed by atoms with van der Waals surface area (Å²) in [6, 6.07) is 0. The molecule has 0 aromatic carbocycles. The fraction of sp³-hybridized carbons (Fsp3) is 0.667. The van der Waals surface area contributed by atoms with E-state index >= 15 is 0 Å². The van der Waals surface area contributed by atoms with Crippen molar-refractivity contribution < 1.29 is 9.90 Å². The van der Waals surface area contributed by atoms with E-state index in [0.717, 1.165) is 17.6 Å². The highest BCUT2D eigenvalue weighted by molar-refractivity contribution is 7.17. The Kier molecular flexibility index (Phi) is 3.66. The third-order valence-corrected chi connectivity index (χ3v) is 4.50. The van der Waals surface area contributed by atoms with Crippen LogP contribution in [0, 0.1) is 5.92 Å². The lowest BCUT2D eigenvalue weighted by molar-refractivity contribution is 0.0701. The Bertz CT molecular complexity index is 413. The molecule has 0 radical (unpaired) electrons. The highest BCUT2D eigenvalue weighted by Gasteiger charge is 2.22. The first-order chi connectivity index (χ1) is 8.11. The summed E-state index contributed by atoms with van der Waals surface area (Å²) in [6.45, 7) is 2.94. The van der Waals surface area contributed by atoms with E-state index in [1.807, 2.05) is 14.0 Å². The molecule has 0 aliphatic heterocycles. The van der Waals surface area contributed by atoms with Gasteiger partial charge in [-0.1, -0.05) is 24.7 Å².